The van der Waals surface area contributed by atoms with Gasteiger partial charge in [-0.25, -0.2) is 0 Å². The first-order chi connectivity index (χ1) is 7.09. The minimum Gasteiger partial charge on any atom is -0.392 e. The lowest BCUT2D eigenvalue weighted by atomic mass is 10.2. The zero-order valence-corrected chi connectivity index (χ0v) is 8.51. The van der Waals surface area contributed by atoms with Crippen LogP contribution in [-0.4, -0.2) is 22.7 Å². The Morgan fingerprint density at radius 2 is 2.33 bits per heavy atom. The average Bonchev–Trinajstić information content (AvgIpc) is 2.17. The molecule has 0 unspecified atom stereocenters. The molecule has 0 fully saturated rings. The number of hydrogen-bond donors (Lipinski definition) is 2. The van der Waals surface area contributed by atoms with Gasteiger partial charge in [-0.2, -0.15) is 0 Å². The molecule has 0 saturated heterocycles. The SMILES string of the molecule is C[C@@H](O)CNCc1cccc([N+](=O)[O-])c1. The predicted molar refractivity (Wildman–Crippen MR) is 56.5 cm³/mol. The van der Waals surface area contributed by atoms with Gasteiger partial charge < -0.3 is 10.4 Å². The highest BCUT2D eigenvalue weighted by molar-refractivity contribution is 5.34. The maximum absolute atomic E-state index is 10.5. The lowest BCUT2D eigenvalue weighted by Crippen LogP contribution is -2.23. The highest BCUT2D eigenvalue weighted by atomic mass is 16.6. The van der Waals surface area contributed by atoms with Gasteiger partial charge in [-0.15, -0.1) is 0 Å². The summed E-state index contributed by atoms with van der Waals surface area (Å²) in [6.07, 6.45) is -0.413. The van der Waals surface area contributed by atoms with E-state index >= 15 is 0 Å². The van der Waals surface area contributed by atoms with E-state index in [1.165, 1.54) is 12.1 Å². The van der Waals surface area contributed by atoms with Crippen molar-refractivity contribution >= 4 is 5.69 Å². The number of nitrogens with zero attached hydrogens (tertiary/aromatic N) is 1. The van der Waals surface area contributed by atoms with Crippen molar-refractivity contribution in [1.82, 2.24) is 5.32 Å². The summed E-state index contributed by atoms with van der Waals surface area (Å²) < 4.78 is 0. The Morgan fingerprint density at radius 3 is 2.93 bits per heavy atom. The predicted octanol–water partition coefficient (Wildman–Crippen LogP) is 1.07. The summed E-state index contributed by atoms with van der Waals surface area (Å²) in [4.78, 5) is 10.1. The number of benzene rings is 1. The average molecular weight is 210 g/mol. The molecule has 0 radical (unpaired) electrons. The van der Waals surface area contributed by atoms with Crippen LogP contribution in [0.5, 0.6) is 0 Å². The molecule has 1 rings (SSSR count). The van der Waals surface area contributed by atoms with Crippen molar-refractivity contribution in [3.8, 4) is 0 Å². The number of nitro benzene ring substituents is 1. The molecule has 1 aromatic rings. The summed E-state index contributed by atoms with van der Waals surface area (Å²) >= 11 is 0. The maximum Gasteiger partial charge on any atom is 0.269 e. The van der Waals surface area contributed by atoms with Crippen LogP contribution in [0.3, 0.4) is 0 Å². The Balaban J connectivity index is 2.54. The van der Waals surface area contributed by atoms with Gasteiger partial charge in [0.1, 0.15) is 0 Å². The fourth-order valence-electron chi connectivity index (χ4n) is 1.21. The van der Waals surface area contributed by atoms with Crippen molar-refractivity contribution in [3.05, 3.63) is 39.9 Å². The van der Waals surface area contributed by atoms with Crippen LogP contribution in [0.2, 0.25) is 0 Å². The number of aliphatic hydroxyl groups is 1. The molecular formula is C10H14N2O3. The largest absolute Gasteiger partial charge is 0.392 e. The fraction of sp³-hybridized carbons (Fsp3) is 0.400. The fourth-order valence-corrected chi connectivity index (χ4v) is 1.21. The number of nitro groups is 1. The summed E-state index contributed by atoms with van der Waals surface area (Å²) in [6, 6.07) is 6.44. The van der Waals surface area contributed by atoms with E-state index in [-0.39, 0.29) is 5.69 Å². The van der Waals surface area contributed by atoms with Gasteiger partial charge in [-0.3, -0.25) is 10.1 Å². The molecule has 0 spiro atoms. The van der Waals surface area contributed by atoms with Crippen molar-refractivity contribution in [2.75, 3.05) is 6.54 Å². The van der Waals surface area contributed by atoms with E-state index < -0.39 is 11.0 Å². The van der Waals surface area contributed by atoms with Gasteiger partial charge >= 0.3 is 0 Å². The molecule has 15 heavy (non-hydrogen) atoms. The molecule has 2 N–H and O–H groups in total. The minimum absolute atomic E-state index is 0.0892. The zero-order chi connectivity index (χ0) is 11.3. The summed E-state index contributed by atoms with van der Waals surface area (Å²) in [5.41, 5.74) is 0.927. The zero-order valence-electron chi connectivity index (χ0n) is 8.51. The Hall–Kier alpha value is -1.46. The van der Waals surface area contributed by atoms with E-state index in [2.05, 4.69) is 5.32 Å². The van der Waals surface area contributed by atoms with Gasteiger partial charge in [0, 0.05) is 25.2 Å². The van der Waals surface area contributed by atoms with Crippen molar-refractivity contribution in [1.29, 1.82) is 0 Å². The quantitative estimate of drug-likeness (QED) is 0.563. The van der Waals surface area contributed by atoms with Crippen LogP contribution in [0.4, 0.5) is 5.69 Å². The smallest absolute Gasteiger partial charge is 0.269 e. The van der Waals surface area contributed by atoms with Crippen LogP contribution in [0.15, 0.2) is 24.3 Å². The first-order valence-corrected chi connectivity index (χ1v) is 4.71. The summed E-state index contributed by atoms with van der Waals surface area (Å²) in [7, 11) is 0. The second kappa shape index (κ2) is 5.43. The Kier molecular flexibility index (Phi) is 4.20. The van der Waals surface area contributed by atoms with Crippen molar-refractivity contribution in [3.63, 3.8) is 0 Å². The summed E-state index contributed by atoms with van der Waals surface area (Å²) in [5.74, 6) is 0. The second-order valence-electron chi connectivity index (χ2n) is 3.41. The molecule has 0 bridgehead atoms. The normalized spacial score (nSPS) is 12.4. The molecule has 0 aromatic heterocycles. The number of nitrogens with one attached hydrogen (secondary N) is 1. The molecule has 0 aliphatic rings. The van der Waals surface area contributed by atoms with Crippen LogP contribution in [0, 0.1) is 10.1 Å². The van der Waals surface area contributed by atoms with E-state index in [1.807, 2.05) is 6.07 Å². The van der Waals surface area contributed by atoms with Gasteiger partial charge in [-0.05, 0) is 12.5 Å². The summed E-state index contributed by atoms with van der Waals surface area (Å²) in [5, 5.41) is 22.5. The van der Waals surface area contributed by atoms with Crippen molar-refractivity contribution in [2.45, 2.75) is 19.6 Å². The molecule has 5 nitrogen and oxygen atoms in total. The van der Waals surface area contributed by atoms with Crippen molar-refractivity contribution < 1.29 is 10.0 Å². The van der Waals surface area contributed by atoms with Crippen LogP contribution in [0.25, 0.3) is 0 Å². The number of hydrogen-bond acceptors (Lipinski definition) is 4. The van der Waals surface area contributed by atoms with Gasteiger partial charge in [0.15, 0.2) is 0 Å². The molecular weight excluding hydrogens is 196 g/mol. The summed E-state index contributed by atoms with van der Waals surface area (Å²) in [6.45, 7) is 2.68. The van der Waals surface area contributed by atoms with Gasteiger partial charge in [-0.1, -0.05) is 12.1 Å². The van der Waals surface area contributed by atoms with Crippen LogP contribution in [-0.2, 0) is 6.54 Å². The molecule has 1 aromatic carbocycles. The van der Waals surface area contributed by atoms with E-state index in [4.69, 9.17) is 5.11 Å². The molecule has 0 aliphatic heterocycles. The highest BCUT2D eigenvalue weighted by Gasteiger charge is 2.05. The van der Waals surface area contributed by atoms with E-state index in [9.17, 15) is 10.1 Å². The first kappa shape index (κ1) is 11.6. The Bertz CT molecular complexity index is 339. The van der Waals surface area contributed by atoms with E-state index in [0.717, 1.165) is 5.56 Å². The number of rotatable bonds is 5. The molecule has 0 amide bonds. The van der Waals surface area contributed by atoms with Gasteiger partial charge in [0.2, 0.25) is 0 Å². The van der Waals surface area contributed by atoms with Crippen molar-refractivity contribution in [2.24, 2.45) is 0 Å². The van der Waals surface area contributed by atoms with Gasteiger partial charge in [0.25, 0.3) is 5.69 Å². The van der Waals surface area contributed by atoms with E-state index in [1.54, 1.807) is 13.0 Å². The molecule has 0 heterocycles. The highest BCUT2D eigenvalue weighted by Crippen LogP contribution is 2.12. The van der Waals surface area contributed by atoms with Crippen LogP contribution < -0.4 is 5.32 Å². The third kappa shape index (κ3) is 4.05. The molecule has 0 aliphatic carbocycles. The minimum atomic E-state index is -0.418. The molecule has 82 valence electrons. The second-order valence-corrected chi connectivity index (χ2v) is 3.41. The molecule has 1 atom stereocenters. The standard InChI is InChI=1S/C10H14N2O3/c1-8(13)6-11-7-9-3-2-4-10(5-9)12(14)15/h2-5,8,11,13H,6-7H2,1H3/t8-/m1/s1. The Morgan fingerprint density at radius 1 is 1.60 bits per heavy atom. The molecule has 0 saturated carbocycles. The number of non-ortho nitro benzene ring substituents is 1. The van der Waals surface area contributed by atoms with Crippen LogP contribution in [0.1, 0.15) is 12.5 Å². The number of aliphatic hydroxyl groups excluding tert-OH is 1. The third-order valence-corrected chi connectivity index (χ3v) is 1.89. The monoisotopic (exact) mass is 210 g/mol. The first-order valence-electron chi connectivity index (χ1n) is 4.71. The maximum atomic E-state index is 10.5. The third-order valence-electron chi connectivity index (χ3n) is 1.89. The lowest BCUT2D eigenvalue weighted by molar-refractivity contribution is -0.384. The topological polar surface area (TPSA) is 75.4 Å². The Labute approximate surface area is 87.9 Å². The van der Waals surface area contributed by atoms with Gasteiger partial charge in [0.05, 0.1) is 11.0 Å². The lowest BCUT2D eigenvalue weighted by Gasteiger charge is -2.06. The van der Waals surface area contributed by atoms with E-state index in [0.29, 0.717) is 13.1 Å². The molecule has 5 heteroatoms. The van der Waals surface area contributed by atoms with Crippen LogP contribution >= 0.6 is 0 Å².